The van der Waals surface area contributed by atoms with Crippen LogP contribution in [0.5, 0.6) is 0 Å². The molecule has 1 fully saturated rings. The summed E-state index contributed by atoms with van der Waals surface area (Å²) in [6.45, 7) is 0. The van der Waals surface area contributed by atoms with Crippen molar-refractivity contribution in [2.24, 2.45) is 0 Å². The van der Waals surface area contributed by atoms with Gasteiger partial charge in [-0.15, -0.1) is 11.6 Å². The smallest absolute Gasteiger partial charge is 0.123 e. The van der Waals surface area contributed by atoms with Gasteiger partial charge in [0.1, 0.15) is 5.82 Å². The molecule has 2 aromatic rings. The molecule has 0 aliphatic heterocycles. The van der Waals surface area contributed by atoms with Crippen molar-refractivity contribution in [3.63, 3.8) is 0 Å². The molecule has 1 aliphatic rings. The predicted octanol–water partition coefficient (Wildman–Crippen LogP) is 4.71. The Hall–Kier alpha value is -1.34. The third-order valence-corrected chi connectivity index (χ3v) is 4.64. The quantitative estimate of drug-likeness (QED) is 0.709. The highest BCUT2D eigenvalue weighted by Crippen LogP contribution is 2.53. The fourth-order valence-electron chi connectivity index (χ4n) is 2.71. The maximum atomic E-state index is 12.9. The van der Waals surface area contributed by atoms with E-state index >= 15 is 0 Å². The summed E-state index contributed by atoms with van der Waals surface area (Å²) in [5.74, 6) is -0.195. The molecule has 19 heavy (non-hydrogen) atoms. The Morgan fingerprint density at radius 2 is 1.63 bits per heavy atom. The summed E-state index contributed by atoms with van der Waals surface area (Å²) in [7, 11) is 0. The second kappa shape index (κ2) is 4.97. The summed E-state index contributed by atoms with van der Waals surface area (Å²) >= 11 is 6.65. The van der Waals surface area contributed by atoms with Crippen molar-refractivity contribution in [3.8, 4) is 0 Å². The lowest BCUT2D eigenvalue weighted by atomic mass is 9.89. The van der Waals surface area contributed by atoms with Crippen LogP contribution in [0.4, 0.5) is 4.39 Å². The second-order valence-corrected chi connectivity index (χ2v) is 5.85. The Bertz CT molecular complexity index is 543. The Labute approximate surface area is 118 Å². The van der Waals surface area contributed by atoms with E-state index < -0.39 is 0 Å². The van der Waals surface area contributed by atoms with Gasteiger partial charge in [0.05, 0.1) is 0 Å². The van der Waals surface area contributed by atoms with Crippen molar-refractivity contribution in [1.29, 1.82) is 0 Å². The van der Waals surface area contributed by atoms with Crippen LogP contribution in [0.2, 0.25) is 0 Å². The summed E-state index contributed by atoms with van der Waals surface area (Å²) in [5, 5.41) is 0.0698. The van der Waals surface area contributed by atoms with Gasteiger partial charge in [0.25, 0.3) is 0 Å². The maximum Gasteiger partial charge on any atom is 0.123 e. The van der Waals surface area contributed by atoms with Crippen molar-refractivity contribution in [2.75, 3.05) is 0 Å². The highest BCUT2D eigenvalue weighted by atomic mass is 35.5. The Morgan fingerprint density at radius 1 is 1.00 bits per heavy atom. The van der Waals surface area contributed by atoms with Crippen LogP contribution < -0.4 is 0 Å². The molecule has 0 radical (unpaired) electrons. The SMILES string of the molecule is Fc1ccc(CC(Cl)C2(c3ccccc3)CC2)cc1. The van der Waals surface area contributed by atoms with Crippen LogP contribution >= 0.6 is 11.6 Å². The van der Waals surface area contributed by atoms with E-state index in [2.05, 4.69) is 24.3 Å². The minimum atomic E-state index is -0.195. The lowest BCUT2D eigenvalue weighted by molar-refractivity contribution is 0.618. The standard InChI is InChI=1S/C17H16ClF/c18-16(12-13-6-8-15(19)9-7-13)17(10-11-17)14-4-2-1-3-5-14/h1-9,16H,10-12H2. The Morgan fingerprint density at radius 3 is 2.21 bits per heavy atom. The van der Waals surface area contributed by atoms with Gasteiger partial charge in [-0.3, -0.25) is 0 Å². The van der Waals surface area contributed by atoms with E-state index in [1.54, 1.807) is 0 Å². The van der Waals surface area contributed by atoms with Crippen molar-refractivity contribution in [3.05, 3.63) is 71.5 Å². The molecule has 0 saturated heterocycles. The molecule has 2 aromatic carbocycles. The Balaban J connectivity index is 1.77. The van der Waals surface area contributed by atoms with E-state index in [9.17, 15) is 4.39 Å². The van der Waals surface area contributed by atoms with Crippen LogP contribution in [0, 0.1) is 5.82 Å². The van der Waals surface area contributed by atoms with Gasteiger partial charge in [-0.2, -0.15) is 0 Å². The van der Waals surface area contributed by atoms with E-state index in [4.69, 9.17) is 11.6 Å². The van der Waals surface area contributed by atoms with Crippen molar-refractivity contribution in [2.45, 2.75) is 30.1 Å². The second-order valence-electron chi connectivity index (χ2n) is 5.32. The van der Waals surface area contributed by atoms with E-state index in [-0.39, 0.29) is 16.6 Å². The minimum Gasteiger partial charge on any atom is -0.207 e. The van der Waals surface area contributed by atoms with Crippen LogP contribution in [0.3, 0.4) is 0 Å². The molecule has 0 amide bonds. The van der Waals surface area contributed by atoms with Crippen molar-refractivity contribution < 1.29 is 4.39 Å². The molecule has 0 spiro atoms. The maximum absolute atomic E-state index is 12.9. The van der Waals surface area contributed by atoms with Gasteiger partial charge in [0.2, 0.25) is 0 Å². The summed E-state index contributed by atoms with van der Waals surface area (Å²) in [5.41, 5.74) is 2.55. The first-order valence-corrected chi connectivity index (χ1v) is 7.08. The van der Waals surface area contributed by atoms with Gasteiger partial charge >= 0.3 is 0 Å². The van der Waals surface area contributed by atoms with E-state index in [0.29, 0.717) is 0 Å². The topological polar surface area (TPSA) is 0 Å². The van der Waals surface area contributed by atoms with Crippen LogP contribution in [0.15, 0.2) is 54.6 Å². The lowest BCUT2D eigenvalue weighted by Crippen LogP contribution is -2.23. The third kappa shape index (κ3) is 2.52. The summed E-state index contributed by atoms with van der Waals surface area (Å²) < 4.78 is 12.9. The highest BCUT2D eigenvalue weighted by molar-refractivity contribution is 6.22. The zero-order valence-corrected chi connectivity index (χ0v) is 11.4. The van der Waals surface area contributed by atoms with E-state index in [0.717, 1.165) is 24.8 Å². The first-order chi connectivity index (χ1) is 9.21. The van der Waals surface area contributed by atoms with E-state index in [1.165, 1.54) is 17.7 Å². The lowest BCUT2D eigenvalue weighted by Gasteiger charge is -2.22. The van der Waals surface area contributed by atoms with Crippen LogP contribution in [0.25, 0.3) is 0 Å². The molecular formula is C17H16ClF. The van der Waals surface area contributed by atoms with Crippen LogP contribution in [0.1, 0.15) is 24.0 Å². The largest absolute Gasteiger partial charge is 0.207 e. The molecule has 1 saturated carbocycles. The molecule has 3 rings (SSSR count). The first kappa shape index (κ1) is 12.7. The third-order valence-electron chi connectivity index (χ3n) is 4.07. The highest BCUT2D eigenvalue weighted by Gasteiger charge is 2.49. The average molecular weight is 275 g/mol. The number of benzene rings is 2. The molecule has 0 nitrogen and oxygen atoms in total. The van der Waals surface area contributed by atoms with Gasteiger partial charge in [-0.25, -0.2) is 4.39 Å². The van der Waals surface area contributed by atoms with Gasteiger partial charge in [-0.1, -0.05) is 42.5 Å². The van der Waals surface area contributed by atoms with E-state index in [1.807, 2.05) is 18.2 Å². The molecule has 1 unspecified atom stereocenters. The number of alkyl halides is 1. The van der Waals surface area contributed by atoms with Crippen molar-refractivity contribution in [1.82, 2.24) is 0 Å². The fourth-order valence-corrected chi connectivity index (χ4v) is 3.23. The summed E-state index contributed by atoms with van der Waals surface area (Å²) in [6.07, 6.45) is 3.08. The molecule has 0 heterocycles. The molecule has 98 valence electrons. The number of halogens is 2. The molecule has 0 aromatic heterocycles. The zero-order valence-electron chi connectivity index (χ0n) is 10.7. The zero-order chi connectivity index (χ0) is 13.3. The number of rotatable bonds is 4. The van der Waals surface area contributed by atoms with Gasteiger partial charge in [-0.05, 0) is 42.5 Å². The number of hydrogen-bond donors (Lipinski definition) is 0. The minimum absolute atomic E-state index is 0.0698. The molecule has 0 bridgehead atoms. The van der Waals surface area contributed by atoms with Crippen LogP contribution in [-0.2, 0) is 11.8 Å². The number of hydrogen-bond acceptors (Lipinski definition) is 0. The molecule has 1 atom stereocenters. The van der Waals surface area contributed by atoms with Crippen LogP contribution in [-0.4, -0.2) is 5.38 Å². The molecule has 0 N–H and O–H groups in total. The predicted molar refractivity (Wildman–Crippen MR) is 77.1 cm³/mol. The summed E-state index contributed by atoms with van der Waals surface area (Å²) in [4.78, 5) is 0. The fraction of sp³-hybridized carbons (Fsp3) is 0.294. The average Bonchev–Trinajstić information content (AvgIpc) is 3.24. The molecule has 2 heteroatoms. The molecule has 1 aliphatic carbocycles. The van der Waals surface area contributed by atoms with Gasteiger partial charge in [0.15, 0.2) is 0 Å². The van der Waals surface area contributed by atoms with Crippen molar-refractivity contribution >= 4 is 11.6 Å². The Kier molecular flexibility index (Phi) is 3.32. The monoisotopic (exact) mass is 274 g/mol. The van der Waals surface area contributed by atoms with Gasteiger partial charge in [0, 0.05) is 10.8 Å². The normalized spacial score (nSPS) is 18.0. The molecular weight excluding hydrogens is 259 g/mol. The first-order valence-electron chi connectivity index (χ1n) is 6.65. The summed E-state index contributed by atoms with van der Waals surface area (Å²) in [6, 6.07) is 17.1. The van der Waals surface area contributed by atoms with Gasteiger partial charge < -0.3 is 0 Å².